The summed E-state index contributed by atoms with van der Waals surface area (Å²) in [6.07, 6.45) is -10.8. The standard InChI is InChI=1S/C33H33ClF7N5O7/c1-50-31(49)46(29(47)28(42)27(18-5-7-20(34)8-6-18)19-3-2-4-22(11-19)53-33(39,40)41)26-14-43-13-25(35)24(26)10-9-23-12-44-21(15-51-23)16-52-30(48)45-17-32(36,37)38/h2-8,11,13-14,21,23,27-28,44H,9-10,12,15-17,42H2,1H3,(H,45,48)/t21-,23+,27-,28-/m0/s1. The monoisotopic (exact) mass is 779 g/mol. The van der Waals surface area contributed by atoms with Crippen LogP contribution in [0.4, 0.5) is 46.0 Å². The fraction of sp³-hybridized carbons (Fsp3) is 0.394. The highest BCUT2D eigenvalue weighted by atomic mass is 35.5. The Morgan fingerprint density at radius 3 is 2.43 bits per heavy atom. The maximum Gasteiger partial charge on any atom is 0.573 e. The number of imide groups is 1. The zero-order chi connectivity index (χ0) is 38.9. The molecule has 4 N–H and O–H groups in total. The van der Waals surface area contributed by atoms with Crippen molar-refractivity contribution in [1.29, 1.82) is 0 Å². The number of morpholine rings is 1. The van der Waals surface area contributed by atoms with Crippen molar-refractivity contribution in [3.05, 3.63) is 88.5 Å². The molecule has 0 radical (unpaired) electrons. The Morgan fingerprint density at radius 2 is 1.81 bits per heavy atom. The molecule has 288 valence electrons. The number of rotatable bonds is 12. The number of ether oxygens (including phenoxy) is 4. The Hall–Kier alpha value is -4.72. The second-order valence-corrected chi connectivity index (χ2v) is 12.0. The van der Waals surface area contributed by atoms with Gasteiger partial charge in [0.15, 0.2) is 0 Å². The van der Waals surface area contributed by atoms with Crippen LogP contribution in [0, 0.1) is 5.82 Å². The van der Waals surface area contributed by atoms with Gasteiger partial charge in [-0.05, 0) is 48.2 Å². The number of carbonyl (C=O) groups excluding carboxylic acids is 3. The molecule has 0 bridgehead atoms. The number of aromatic nitrogens is 1. The molecule has 1 fully saturated rings. The summed E-state index contributed by atoms with van der Waals surface area (Å²) in [5, 5.41) is 4.90. The number of amides is 3. The smallest absolute Gasteiger partial charge is 0.452 e. The van der Waals surface area contributed by atoms with Crippen LogP contribution in [0.25, 0.3) is 0 Å². The van der Waals surface area contributed by atoms with E-state index in [0.29, 0.717) is 15.5 Å². The number of hydrogen-bond donors (Lipinski definition) is 3. The molecule has 3 aromatic rings. The molecule has 4 rings (SSSR count). The van der Waals surface area contributed by atoms with E-state index in [0.717, 1.165) is 31.6 Å². The van der Waals surface area contributed by atoms with E-state index in [1.54, 1.807) is 5.32 Å². The normalized spacial score (nSPS) is 17.3. The van der Waals surface area contributed by atoms with Gasteiger partial charge in [0.25, 0.3) is 5.91 Å². The highest BCUT2D eigenvalue weighted by Crippen LogP contribution is 2.34. The number of hydrogen-bond acceptors (Lipinski definition) is 10. The van der Waals surface area contributed by atoms with Gasteiger partial charge < -0.3 is 35.3 Å². The molecule has 53 heavy (non-hydrogen) atoms. The summed E-state index contributed by atoms with van der Waals surface area (Å²) in [7, 11) is 0.969. The van der Waals surface area contributed by atoms with Crippen LogP contribution in [0.2, 0.25) is 5.02 Å². The molecule has 3 amide bonds. The van der Waals surface area contributed by atoms with Crippen LogP contribution in [0.5, 0.6) is 5.75 Å². The lowest BCUT2D eigenvalue weighted by atomic mass is 9.84. The van der Waals surface area contributed by atoms with Crippen LogP contribution >= 0.6 is 11.6 Å². The van der Waals surface area contributed by atoms with Crippen molar-refractivity contribution in [3.63, 3.8) is 0 Å². The topological polar surface area (TPSA) is 154 Å². The molecule has 0 spiro atoms. The van der Waals surface area contributed by atoms with Crippen molar-refractivity contribution in [1.82, 2.24) is 15.6 Å². The lowest BCUT2D eigenvalue weighted by Gasteiger charge is -2.31. The number of alkyl carbamates (subject to hydrolysis) is 1. The molecule has 2 aromatic carbocycles. The first kappa shape index (κ1) is 41.0. The van der Waals surface area contributed by atoms with E-state index in [1.165, 1.54) is 36.4 Å². The van der Waals surface area contributed by atoms with Gasteiger partial charge in [0.2, 0.25) is 0 Å². The average Bonchev–Trinajstić information content (AvgIpc) is 3.10. The Bertz CT molecular complexity index is 1730. The Kier molecular flexibility index (Phi) is 13.8. The molecule has 20 heteroatoms. The number of benzene rings is 2. The van der Waals surface area contributed by atoms with E-state index in [9.17, 15) is 40.7 Å². The molecule has 0 aliphatic carbocycles. The molecular weight excluding hydrogens is 747 g/mol. The van der Waals surface area contributed by atoms with Crippen molar-refractivity contribution in [2.75, 3.05) is 38.3 Å². The van der Waals surface area contributed by atoms with E-state index in [-0.39, 0.29) is 49.4 Å². The summed E-state index contributed by atoms with van der Waals surface area (Å²) in [6, 6.07) is 8.44. The number of methoxy groups -OCH3 is 1. The molecule has 0 unspecified atom stereocenters. The van der Waals surface area contributed by atoms with Gasteiger partial charge in [0.1, 0.15) is 24.7 Å². The minimum absolute atomic E-state index is 0.0220. The molecule has 2 heterocycles. The van der Waals surface area contributed by atoms with Gasteiger partial charge in [0, 0.05) is 23.0 Å². The fourth-order valence-corrected chi connectivity index (χ4v) is 5.56. The molecular formula is C33H33ClF7N5O7. The first-order chi connectivity index (χ1) is 25.0. The quantitative estimate of drug-likeness (QED) is 0.198. The van der Waals surface area contributed by atoms with Gasteiger partial charge in [-0.3, -0.25) is 9.78 Å². The minimum Gasteiger partial charge on any atom is -0.452 e. The van der Waals surface area contributed by atoms with E-state index >= 15 is 4.39 Å². The SMILES string of the molecule is COC(=O)N(C(=O)[C@@H](N)[C@@H](c1ccc(Cl)cc1)c1cccc(OC(F)(F)F)c1)c1cncc(F)c1CC[C@@H]1CN[C@H](COC(=O)NCC(F)(F)F)CO1. The van der Waals surface area contributed by atoms with E-state index in [1.807, 2.05) is 0 Å². The summed E-state index contributed by atoms with van der Waals surface area (Å²) in [4.78, 5) is 43.2. The van der Waals surface area contributed by atoms with Crippen LogP contribution in [0.1, 0.15) is 29.0 Å². The second kappa shape index (κ2) is 17.9. The lowest BCUT2D eigenvalue weighted by molar-refractivity contribution is -0.274. The number of halogens is 8. The predicted octanol–water partition coefficient (Wildman–Crippen LogP) is 5.61. The third kappa shape index (κ3) is 11.9. The largest absolute Gasteiger partial charge is 0.573 e. The zero-order valence-electron chi connectivity index (χ0n) is 27.7. The summed E-state index contributed by atoms with van der Waals surface area (Å²) in [5.74, 6) is -3.81. The maximum absolute atomic E-state index is 15.4. The first-order valence-electron chi connectivity index (χ1n) is 15.7. The van der Waals surface area contributed by atoms with Crippen LogP contribution in [-0.4, -0.2) is 87.2 Å². The van der Waals surface area contributed by atoms with Crippen LogP contribution in [0.3, 0.4) is 0 Å². The number of nitrogens with zero attached hydrogens (tertiary/aromatic N) is 2. The number of pyridine rings is 1. The van der Waals surface area contributed by atoms with Crippen molar-refractivity contribution in [3.8, 4) is 5.75 Å². The third-order valence-corrected chi connectivity index (χ3v) is 8.11. The van der Waals surface area contributed by atoms with Gasteiger partial charge >= 0.3 is 24.7 Å². The number of anilines is 1. The van der Waals surface area contributed by atoms with Gasteiger partial charge in [-0.15, -0.1) is 13.2 Å². The molecule has 1 aliphatic rings. The summed E-state index contributed by atoms with van der Waals surface area (Å²) in [5.41, 5.74) is 6.48. The minimum atomic E-state index is -5.02. The lowest BCUT2D eigenvalue weighted by Crippen LogP contribution is -2.50. The molecule has 12 nitrogen and oxygen atoms in total. The Balaban J connectivity index is 1.53. The van der Waals surface area contributed by atoms with Crippen molar-refractivity contribution < 1.29 is 64.1 Å². The van der Waals surface area contributed by atoms with E-state index in [4.69, 9.17) is 31.5 Å². The van der Waals surface area contributed by atoms with Crippen LogP contribution in [0.15, 0.2) is 60.9 Å². The highest BCUT2D eigenvalue weighted by molar-refractivity contribution is 6.30. The van der Waals surface area contributed by atoms with Gasteiger partial charge in [-0.1, -0.05) is 35.9 Å². The van der Waals surface area contributed by atoms with Crippen molar-refractivity contribution >= 4 is 35.4 Å². The van der Waals surface area contributed by atoms with Gasteiger partial charge in [0.05, 0.1) is 50.0 Å². The number of carbonyl (C=O) groups is 3. The van der Waals surface area contributed by atoms with Gasteiger partial charge in [-0.2, -0.15) is 13.2 Å². The van der Waals surface area contributed by atoms with Crippen molar-refractivity contribution in [2.24, 2.45) is 5.73 Å². The Morgan fingerprint density at radius 1 is 1.09 bits per heavy atom. The number of alkyl halides is 6. The average molecular weight is 780 g/mol. The zero-order valence-corrected chi connectivity index (χ0v) is 28.4. The third-order valence-electron chi connectivity index (χ3n) is 7.86. The first-order valence-corrected chi connectivity index (χ1v) is 16.1. The summed E-state index contributed by atoms with van der Waals surface area (Å²) < 4.78 is 111. The predicted molar refractivity (Wildman–Crippen MR) is 174 cm³/mol. The highest BCUT2D eigenvalue weighted by Gasteiger charge is 2.38. The van der Waals surface area contributed by atoms with E-state index < -0.39 is 72.8 Å². The molecule has 4 atom stereocenters. The fourth-order valence-electron chi connectivity index (χ4n) is 5.43. The van der Waals surface area contributed by atoms with E-state index in [2.05, 4.69) is 15.0 Å². The van der Waals surface area contributed by atoms with Crippen LogP contribution < -0.4 is 26.0 Å². The molecule has 0 saturated carbocycles. The van der Waals surface area contributed by atoms with Crippen LogP contribution in [-0.2, 0) is 25.4 Å². The Labute approximate surface area is 302 Å². The van der Waals surface area contributed by atoms with Crippen molar-refractivity contribution in [2.45, 2.75) is 49.5 Å². The second-order valence-electron chi connectivity index (χ2n) is 11.6. The molecule has 1 aromatic heterocycles. The molecule has 1 aliphatic heterocycles. The maximum atomic E-state index is 15.4. The number of nitrogens with one attached hydrogen (secondary N) is 2. The summed E-state index contributed by atoms with van der Waals surface area (Å²) >= 11 is 6.05. The van der Waals surface area contributed by atoms with Gasteiger partial charge in [-0.25, -0.2) is 18.9 Å². The summed E-state index contributed by atoms with van der Waals surface area (Å²) in [6.45, 7) is -1.72. The molecule has 1 saturated heterocycles. The number of nitrogens with two attached hydrogens (primary N) is 1.